The van der Waals surface area contributed by atoms with E-state index in [1.165, 1.54) is 10.4 Å². The van der Waals surface area contributed by atoms with E-state index in [1.54, 1.807) is 19.1 Å². The van der Waals surface area contributed by atoms with Gasteiger partial charge < -0.3 is 10.8 Å². The number of sulfonamides is 1. The minimum absolute atomic E-state index is 0.0783. The number of hydrogen-bond donors (Lipinski definition) is 2. The topological polar surface area (TPSA) is 83.6 Å². The van der Waals surface area contributed by atoms with Gasteiger partial charge in [0.1, 0.15) is 4.90 Å². The Morgan fingerprint density at radius 3 is 2.72 bits per heavy atom. The van der Waals surface area contributed by atoms with Crippen molar-refractivity contribution in [2.75, 3.05) is 18.8 Å². The van der Waals surface area contributed by atoms with Crippen molar-refractivity contribution in [3.63, 3.8) is 0 Å². The van der Waals surface area contributed by atoms with Crippen molar-refractivity contribution in [2.24, 2.45) is 0 Å². The molecular formula is C11H15BrN2O3S. The molecule has 7 heteroatoms. The highest BCUT2D eigenvalue weighted by Gasteiger charge is 2.39. The van der Waals surface area contributed by atoms with Gasteiger partial charge in [0.2, 0.25) is 10.0 Å². The van der Waals surface area contributed by atoms with Crippen molar-refractivity contribution in [1.29, 1.82) is 0 Å². The van der Waals surface area contributed by atoms with Crippen molar-refractivity contribution < 1.29 is 13.5 Å². The summed E-state index contributed by atoms with van der Waals surface area (Å²) in [5.74, 6) is 0. The quantitative estimate of drug-likeness (QED) is 0.795. The smallest absolute Gasteiger partial charge is 0.245 e. The first-order valence-corrected chi connectivity index (χ1v) is 7.73. The molecule has 0 saturated carbocycles. The van der Waals surface area contributed by atoms with Crippen LogP contribution in [0.5, 0.6) is 0 Å². The van der Waals surface area contributed by atoms with Crippen LogP contribution in [0.15, 0.2) is 27.6 Å². The zero-order chi connectivity index (χ0) is 13.6. The van der Waals surface area contributed by atoms with E-state index in [0.29, 0.717) is 17.4 Å². The van der Waals surface area contributed by atoms with E-state index >= 15 is 0 Å². The fraction of sp³-hybridized carbons (Fsp3) is 0.455. The van der Waals surface area contributed by atoms with Gasteiger partial charge in [0.25, 0.3) is 0 Å². The summed E-state index contributed by atoms with van der Waals surface area (Å²) >= 11 is 3.23. The molecule has 1 saturated heterocycles. The SMILES string of the molecule is CC1(O)CCN(S(=O)(=O)c2cc(Br)ccc2N)C1. The van der Waals surface area contributed by atoms with Crippen LogP contribution in [0.4, 0.5) is 5.69 Å². The Morgan fingerprint density at radius 1 is 1.50 bits per heavy atom. The predicted molar refractivity (Wildman–Crippen MR) is 72.6 cm³/mol. The summed E-state index contributed by atoms with van der Waals surface area (Å²) in [6.45, 7) is 2.04. The highest BCUT2D eigenvalue weighted by atomic mass is 79.9. The first-order chi connectivity index (χ1) is 8.22. The van der Waals surface area contributed by atoms with Gasteiger partial charge in [-0.3, -0.25) is 0 Å². The van der Waals surface area contributed by atoms with Gasteiger partial charge in [0.05, 0.1) is 11.3 Å². The lowest BCUT2D eigenvalue weighted by atomic mass is 10.1. The molecule has 1 aliphatic heterocycles. The monoisotopic (exact) mass is 334 g/mol. The summed E-state index contributed by atoms with van der Waals surface area (Å²) in [6, 6.07) is 4.72. The molecule has 0 bridgehead atoms. The van der Waals surface area contributed by atoms with E-state index in [-0.39, 0.29) is 17.1 Å². The maximum Gasteiger partial charge on any atom is 0.245 e. The number of nitrogens with zero attached hydrogens (tertiary/aromatic N) is 1. The van der Waals surface area contributed by atoms with Crippen LogP contribution in [-0.2, 0) is 10.0 Å². The van der Waals surface area contributed by atoms with Crippen LogP contribution in [0.2, 0.25) is 0 Å². The van der Waals surface area contributed by atoms with Crippen molar-refractivity contribution >= 4 is 31.6 Å². The molecule has 0 spiro atoms. The van der Waals surface area contributed by atoms with Crippen LogP contribution < -0.4 is 5.73 Å². The Labute approximate surface area is 115 Å². The number of nitrogen functional groups attached to an aromatic ring is 1. The molecule has 0 aliphatic carbocycles. The van der Waals surface area contributed by atoms with Gasteiger partial charge in [0.15, 0.2) is 0 Å². The van der Waals surface area contributed by atoms with E-state index in [4.69, 9.17) is 5.73 Å². The molecule has 18 heavy (non-hydrogen) atoms. The van der Waals surface area contributed by atoms with Gasteiger partial charge in [0, 0.05) is 17.6 Å². The van der Waals surface area contributed by atoms with Gasteiger partial charge in [-0.2, -0.15) is 4.31 Å². The third-order valence-electron chi connectivity index (χ3n) is 3.01. The first-order valence-electron chi connectivity index (χ1n) is 5.50. The van der Waals surface area contributed by atoms with E-state index in [9.17, 15) is 13.5 Å². The lowest BCUT2D eigenvalue weighted by molar-refractivity contribution is 0.0762. The highest BCUT2D eigenvalue weighted by Crippen LogP contribution is 2.30. The molecule has 1 aromatic rings. The maximum atomic E-state index is 12.4. The van der Waals surface area contributed by atoms with Crippen LogP contribution in [0.25, 0.3) is 0 Å². The largest absolute Gasteiger partial charge is 0.398 e. The van der Waals surface area contributed by atoms with Crippen molar-refractivity contribution in [2.45, 2.75) is 23.8 Å². The molecule has 1 heterocycles. The minimum Gasteiger partial charge on any atom is -0.398 e. The molecule has 0 amide bonds. The second kappa shape index (κ2) is 4.48. The fourth-order valence-corrected chi connectivity index (χ4v) is 4.19. The van der Waals surface area contributed by atoms with Crippen molar-refractivity contribution in [3.8, 4) is 0 Å². The van der Waals surface area contributed by atoms with E-state index in [1.807, 2.05) is 0 Å². The highest BCUT2D eigenvalue weighted by molar-refractivity contribution is 9.10. The normalized spacial score (nSPS) is 25.5. The standard InChI is InChI=1S/C11H15BrN2O3S/c1-11(15)4-5-14(7-11)18(16,17)10-6-8(12)2-3-9(10)13/h2-3,6,15H,4-5,7,13H2,1H3. The van der Waals surface area contributed by atoms with Gasteiger partial charge in [-0.05, 0) is 31.5 Å². The van der Waals surface area contributed by atoms with Crippen molar-refractivity contribution in [3.05, 3.63) is 22.7 Å². The molecular weight excluding hydrogens is 320 g/mol. The molecule has 2 rings (SSSR count). The van der Waals surface area contributed by atoms with Crippen molar-refractivity contribution in [1.82, 2.24) is 4.31 Å². The first kappa shape index (κ1) is 13.8. The summed E-state index contributed by atoms with van der Waals surface area (Å²) in [4.78, 5) is 0.0783. The molecule has 1 aliphatic rings. The van der Waals surface area contributed by atoms with E-state index in [2.05, 4.69) is 15.9 Å². The number of benzene rings is 1. The van der Waals surface area contributed by atoms with Crippen LogP contribution in [0.1, 0.15) is 13.3 Å². The Balaban J connectivity index is 2.40. The van der Waals surface area contributed by atoms with Crippen LogP contribution in [-0.4, -0.2) is 36.5 Å². The average molecular weight is 335 g/mol. The summed E-state index contributed by atoms with van der Waals surface area (Å²) in [5, 5.41) is 9.85. The van der Waals surface area contributed by atoms with E-state index in [0.717, 1.165) is 0 Å². The lowest BCUT2D eigenvalue weighted by Gasteiger charge is -2.19. The number of rotatable bonds is 2. The fourth-order valence-electron chi connectivity index (χ4n) is 1.98. The van der Waals surface area contributed by atoms with Crippen LogP contribution >= 0.6 is 15.9 Å². The van der Waals surface area contributed by atoms with E-state index < -0.39 is 15.6 Å². The zero-order valence-electron chi connectivity index (χ0n) is 9.93. The second-order valence-electron chi connectivity index (χ2n) is 4.77. The number of β-amino-alcohol motifs (C(OH)–C–C–N with tert-alkyl or cyclic N) is 1. The molecule has 1 unspecified atom stereocenters. The molecule has 1 fully saturated rings. The number of anilines is 1. The number of halogens is 1. The zero-order valence-corrected chi connectivity index (χ0v) is 12.3. The Hall–Kier alpha value is -0.630. The third kappa shape index (κ3) is 2.54. The molecule has 1 atom stereocenters. The summed E-state index contributed by atoms with van der Waals surface area (Å²) < 4.78 is 26.7. The number of hydrogen-bond acceptors (Lipinski definition) is 4. The molecule has 100 valence electrons. The Kier molecular flexibility index (Phi) is 3.44. The number of aliphatic hydroxyl groups is 1. The Bertz CT molecular complexity index is 572. The van der Waals surface area contributed by atoms with Gasteiger partial charge in [-0.15, -0.1) is 0 Å². The maximum absolute atomic E-state index is 12.4. The van der Waals surface area contributed by atoms with Gasteiger partial charge in [-0.25, -0.2) is 8.42 Å². The lowest BCUT2D eigenvalue weighted by Crippen LogP contribution is -2.34. The number of nitrogens with two attached hydrogens (primary N) is 1. The Morgan fingerprint density at radius 2 is 2.17 bits per heavy atom. The second-order valence-corrected chi connectivity index (χ2v) is 7.59. The van der Waals surface area contributed by atoms with Crippen LogP contribution in [0.3, 0.4) is 0 Å². The average Bonchev–Trinajstić information content (AvgIpc) is 2.63. The molecule has 0 radical (unpaired) electrons. The molecule has 3 N–H and O–H groups in total. The molecule has 1 aromatic carbocycles. The summed E-state index contributed by atoms with van der Waals surface area (Å²) in [6.07, 6.45) is 0.431. The van der Waals surface area contributed by atoms with Gasteiger partial charge in [-0.1, -0.05) is 15.9 Å². The summed E-state index contributed by atoms with van der Waals surface area (Å²) in [7, 11) is -3.64. The third-order valence-corrected chi connectivity index (χ3v) is 5.40. The van der Waals surface area contributed by atoms with Crippen LogP contribution in [0, 0.1) is 0 Å². The van der Waals surface area contributed by atoms with Gasteiger partial charge >= 0.3 is 0 Å². The summed E-state index contributed by atoms with van der Waals surface area (Å²) in [5.41, 5.74) is 4.97. The molecule has 0 aromatic heterocycles. The predicted octanol–water partition coefficient (Wildman–Crippen LogP) is 1.18. The minimum atomic E-state index is -3.64. The molecule has 5 nitrogen and oxygen atoms in total.